The topological polar surface area (TPSA) is 71.5 Å². The third-order valence-electron chi connectivity index (χ3n) is 4.29. The second-order valence-electron chi connectivity index (χ2n) is 6.27. The van der Waals surface area contributed by atoms with Crippen LogP contribution in [-0.4, -0.2) is 44.5 Å². The molecular formula is C16H19ClFN3O3S2. The number of nitrogens with zero attached hydrogens (tertiary/aromatic N) is 2. The van der Waals surface area contributed by atoms with E-state index < -0.39 is 20.7 Å². The normalized spacial score (nSPS) is 20.5. The summed E-state index contributed by atoms with van der Waals surface area (Å²) in [6.45, 7) is 0. The lowest BCUT2D eigenvalue weighted by atomic mass is 10.2. The largest absolute Gasteiger partial charge is 0.487 e. The summed E-state index contributed by atoms with van der Waals surface area (Å²) in [5.41, 5.74) is 0. The van der Waals surface area contributed by atoms with Gasteiger partial charge in [0, 0.05) is 23.7 Å². The number of aromatic nitrogens is 1. The average molecular weight is 420 g/mol. The van der Waals surface area contributed by atoms with Crippen LogP contribution in [0.2, 0.25) is 5.02 Å². The highest BCUT2D eigenvalue weighted by molar-refractivity contribution is 7.93. The van der Waals surface area contributed by atoms with Gasteiger partial charge >= 0.3 is 0 Å². The van der Waals surface area contributed by atoms with Gasteiger partial charge in [-0.2, -0.15) is 0 Å². The van der Waals surface area contributed by atoms with Crippen molar-refractivity contribution in [2.75, 3.05) is 18.8 Å². The van der Waals surface area contributed by atoms with Crippen molar-refractivity contribution in [3.8, 4) is 5.75 Å². The van der Waals surface area contributed by atoms with E-state index in [0.29, 0.717) is 0 Å². The average Bonchev–Trinajstić information content (AvgIpc) is 3.21. The highest BCUT2D eigenvalue weighted by Gasteiger charge is 2.32. The van der Waals surface area contributed by atoms with Gasteiger partial charge < -0.3 is 9.64 Å². The Morgan fingerprint density at radius 2 is 2.15 bits per heavy atom. The molecule has 1 aliphatic rings. The molecule has 1 aliphatic carbocycles. The van der Waals surface area contributed by atoms with Crippen molar-refractivity contribution in [3.63, 3.8) is 0 Å². The van der Waals surface area contributed by atoms with Gasteiger partial charge in [-0.3, -0.25) is 4.72 Å². The molecule has 0 unspecified atom stereocenters. The third-order valence-corrected chi connectivity index (χ3v) is 6.76. The Kier molecular flexibility index (Phi) is 5.71. The summed E-state index contributed by atoms with van der Waals surface area (Å²) in [6, 6.07) is 2.31. The minimum atomic E-state index is -4.13. The number of sulfonamides is 1. The van der Waals surface area contributed by atoms with Crippen LogP contribution in [0.15, 0.2) is 28.6 Å². The van der Waals surface area contributed by atoms with Crippen LogP contribution in [0.25, 0.3) is 0 Å². The van der Waals surface area contributed by atoms with E-state index in [2.05, 4.69) is 14.6 Å². The van der Waals surface area contributed by atoms with Crippen LogP contribution < -0.4 is 9.46 Å². The molecular weight excluding hydrogens is 401 g/mol. The number of halogens is 2. The molecule has 0 aliphatic heterocycles. The molecule has 26 heavy (non-hydrogen) atoms. The van der Waals surface area contributed by atoms with E-state index in [4.69, 9.17) is 16.3 Å². The molecule has 1 N–H and O–H groups in total. The Labute approximate surface area is 161 Å². The Bertz CT molecular complexity index is 875. The fourth-order valence-electron chi connectivity index (χ4n) is 3.05. The van der Waals surface area contributed by atoms with E-state index in [1.807, 2.05) is 14.1 Å². The summed E-state index contributed by atoms with van der Waals surface area (Å²) in [5, 5.41) is 1.82. The summed E-state index contributed by atoms with van der Waals surface area (Å²) in [6.07, 6.45) is 4.18. The van der Waals surface area contributed by atoms with Crippen molar-refractivity contribution in [1.82, 2.24) is 9.88 Å². The zero-order chi connectivity index (χ0) is 18.9. The van der Waals surface area contributed by atoms with Crippen LogP contribution in [0.3, 0.4) is 0 Å². The first kappa shape index (κ1) is 19.3. The van der Waals surface area contributed by atoms with Gasteiger partial charge in [-0.1, -0.05) is 11.6 Å². The minimum Gasteiger partial charge on any atom is -0.487 e. The van der Waals surface area contributed by atoms with Gasteiger partial charge in [-0.05, 0) is 39.4 Å². The van der Waals surface area contributed by atoms with E-state index in [1.165, 1.54) is 6.20 Å². The van der Waals surface area contributed by atoms with Crippen molar-refractivity contribution in [2.45, 2.75) is 36.3 Å². The second kappa shape index (κ2) is 7.67. The van der Waals surface area contributed by atoms with Crippen LogP contribution >= 0.6 is 22.9 Å². The summed E-state index contributed by atoms with van der Waals surface area (Å²) < 4.78 is 47.4. The lowest BCUT2D eigenvalue weighted by Crippen LogP contribution is -2.38. The highest BCUT2D eigenvalue weighted by atomic mass is 35.5. The number of thiazole rings is 1. The number of hydrogen-bond donors (Lipinski definition) is 1. The number of ether oxygens (including phenoxy) is 1. The molecule has 0 amide bonds. The van der Waals surface area contributed by atoms with Crippen molar-refractivity contribution < 1.29 is 17.5 Å². The van der Waals surface area contributed by atoms with E-state index >= 15 is 0 Å². The van der Waals surface area contributed by atoms with Gasteiger partial charge in [-0.25, -0.2) is 17.8 Å². The Hall–Kier alpha value is -1.42. The molecule has 142 valence electrons. The number of nitrogens with one attached hydrogen (secondary N) is 1. The maximum absolute atomic E-state index is 14.5. The lowest BCUT2D eigenvalue weighted by Gasteiger charge is -2.27. The molecule has 1 saturated carbocycles. The molecule has 6 nitrogen and oxygen atoms in total. The third kappa shape index (κ3) is 4.11. The molecule has 0 radical (unpaired) electrons. The van der Waals surface area contributed by atoms with Crippen molar-refractivity contribution in [2.24, 2.45) is 0 Å². The first-order valence-electron chi connectivity index (χ1n) is 8.02. The van der Waals surface area contributed by atoms with Crippen molar-refractivity contribution in [3.05, 3.63) is 34.5 Å². The summed E-state index contributed by atoms with van der Waals surface area (Å²) in [5.74, 6) is -0.774. The van der Waals surface area contributed by atoms with Crippen molar-refractivity contribution in [1.29, 1.82) is 0 Å². The van der Waals surface area contributed by atoms with Gasteiger partial charge in [0.1, 0.15) is 22.6 Å². The number of rotatable bonds is 6. The van der Waals surface area contributed by atoms with Gasteiger partial charge in [0.2, 0.25) is 0 Å². The molecule has 1 aromatic carbocycles. The van der Waals surface area contributed by atoms with E-state index in [-0.39, 0.29) is 28.0 Å². The highest BCUT2D eigenvalue weighted by Crippen LogP contribution is 2.34. The van der Waals surface area contributed by atoms with Crippen LogP contribution in [0.1, 0.15) is 19.3 Å². The SMILES string of the molecule is CN(C)[C@@H]1CCC[C@H]1Oc1cc(F)c(S(=O)(=O)Nc2nccs2)cc1Cl. The Morgan fingerprint density at radius 3 is 2.81 bits per heavy atom. The van der Waals surface area contributed by atoms with Gasteiger partial charge in [0.15, 0.2) is 5.13 Å². The molecule has 2 aromatic rings. The Balaban J connectivity index is 1.84. The van der Waals surface area contributed by atoms with Crippen LogP contribution in [0.5, 0.6) is 5.75 Å². The molecule has 0 saturated heterocycles. The maximum Gasteiger partial charge on any atom is 0.266 e. The fourth-order valence-corrected chi connectivity index (χ4v) is 5.20. The molecule has 3 rings (SSSR count). The summed E-state index contributed by atoms with van der Waals surface area (Å²) in [7, 11) is -0.196. The molecule has 1 aromatic heterocycles. The first-order valence-corrected chi connectivity index (χ1v) is 10.8. The standard InChI is InChI=1S/C16H19ClFN3O3S2/c1-21(2)12-4-3-5-13(12)24-14-9-11(18)15(8-10(14)17)26(22,23)20-16-19-6-7-25-16/h6-9,12-13H,3-5H2,1-2H3,(H,19,20)/t12-,13-/m1/s1. The lowest BCUT2D eigenvalue weighted by molar-refractivity contribution is 0.121. The number of hydrogen-bond acceptors (Lipinski definition) is 6. The first-order chi connectivity index (χ1) is 12.3. The predicted molar refractivity (Wildman–Crippen MR) is 100 cm³/mol. The smallest absolute Gasteiger partial charge is 0.266 e. The molecule has 2 atom stereocenters. The molecule has 1 heterocycles. The van der Waals surface area contributed by atoms with Crippen LogP contribution in [0.4, 0.5) is 9.52 Å². The van der Waals surface area contributed by atoms with Gasteiger partial charge in [0.25, 0.3) is 10.0 Å². The van der Waals surface area contributed by atoms with E-state index in [9.17, 15) is 12.8 Å². The second-order valence-corrected chi connectivity index (χ2v) is 9.23. The molecule has 1 fully saturated rings. The zero-order valence-corrected chi connectivity index (χ0v) is 16.7. The zero-order valence-electron chi connectivity index (χ0n) is 14.3. The van der Waals surface area contributed by atoms with Gasteiger partial charge in [-0.15, -0.1) is 11.3 Å². The Morgan fingerprint density at radius 1 is 1.38 bits per heavy atom. The number of anilines is 1. The minimum absolute atomic E-state index is 0.0512. The summed E-state index contributed by atoms with van der Waals surface area (Å²) in [4.78, 5) is 5.36. The maximum atomic E-state index is 14.5. The molecule has 10 heteroatoms. The monoisotopic (exact) mass is 419 g/mol. The van der Waals surface area contributed by atoms with Crippen LogP contribution in [0, 0.1) is 5.82 Å². The van der Waals surface area contributed by atoms with E-state index in [1.54, 1.807) is 5.38 Å². The number of benzene rings is 1. The van der Waals surface area contributed by atoms with Gasteiger partial charge in [0.05, 0.1) is 5.02 Å². The van der Waals surface area contributed by atoms with Crippen molar-refractivity contribution >= 4 is 38.1 Å². The van der Waals surface area contributed by atoms with Crippen LogP contribution in [-0.2, 0) is 10.0 Å². The predicted octanol–water partition coefficient (Wildman–Crippen LogP) is 3.60. The molecule has 0 spiro atoms. The summed E-state index contributed by atoms with van der Waals surface area (Å²) >= 11 is 7.28. The molecule has 0 bridgehead atoms. The quantitative estimate of drug-likeness (QED) is 0.774. The van der Waals surface area contributed by atoms with E-state index in [0.717, 1.165) is 42.7 Å². The fraction of sp³-hybridized carbons (Fsp3) is 0.438. The number of likely N-dealkylation sites (N-methyl/N-ethyl adjacent to an activating group) is 1.